The Morgan fingerprint density at radius 1 is 1.22 bits per heavy atom. The van der Waals surface area contributed by atoms with Gasteiger partial charge < -0.3 is 6.90 Å². The fraction of sp³-hybridized carbons (Fsp3) is 0. The summed E-state index contributed by atoms with van der Waals surface area (Å²) in [7, 11) is 0. The van der Waals surface area contributed by atoms with Crippen molar-refractivity contribution in [1.29, 1.82) is 0 Å². The van der Waals surface area contributed by atoms with E-state index in [4.69, 9.17) is 16.0 Å². The van der Waals surface area contributed by atoms with Crippen molar-refractivity contribution in [3.05, 3.63) is 0 Å². The quantitative estimate of drug-likeness (QED) is 0.385. The van der Waals surface area contributed by atoms with E-state index in [9.17, 15) is 0 Å². The summed E-state index contributed by atoms with van der Waals surface area (Å²) in [6.45, 7) is 0. The van der Waals surface area contributed by atoms with Gasteiger partial charge in [-0.05, 0) is 0 Å². The summed E-state index contributed by atoms with van der Waals surface area (Å²) in [5.41, 5.74) is 0. The molecule has 61 valence electrons. The molecule has 9 heteroatoms. The van der Waals surface area contributed by atoms with Gasteiger partial charge in [0.1, 0.15) is 0 Å². The average Bonchev–Trinajstić information content (AvgIpc) is 0.722. The smallest absolute Gasteiger partial charge is 1.00 e. The zero-order chi connectivity index (χ0) is 4.50. The molecule has 5 nitrogen and oxygen atoms in total. The van der Waals surface area contributed by atoms with Crippen molar-refractivity contribution < 1.29 is 69.6 Å². The molecule has 5 N–H and O–H groups in total. The van der Waals surface area contributed by atoms with E-state index in [1.54, 1.807) is 0 Å². The molecule has 1 unspecified atom stereocenters. The first-order valence-electron chi connectivity index (χ1n) is 0.783. The molecule has 0 spiro atoms. The van der Waals surface area contributed by atoms with Crippen LogP contribution in [0.25, 0.3) is 0 Å². The van der Waals surface area contributed by atoms with E-state index in [-0.39, 0.29) is 71.5 Å². The maximum absolute atomic E-state index is 8.94. The SMILES string of the molecule is O.O=[As](O)(O)O.[AsH3].[Cu].[H-].[Na+]. The first-order valence-corrected chi connectivity index (χ1v) is 4.07. The fourth-order valence-corrected chi connectivity index (χ4v) is 0. The van der Waals surface area contributed by atoms with Gasteiger partial charge in [-0.2, -0.15) is 0 Å². The first kappa shape index (κ1) is 30.2. The minimum Gasteiger partial charge on any atom is -1.00 e. The summed E-state index contributed by atoms with van der Waals surface area (Å²) in [5, 5.41) is 0. The van der Waals surface area contributed by atoms with E-state index < -0.39 is 14.5 Å². The molecule has 0 fully saturated rings. The fourth-order valence-electron chi connectivity index (χ4n) is 0. The molecule has 0 aliphatic carbocycles. The monoisotopic (exact) mass is 325 g/mol. The maximum Gasteiger partial charge on any atom is 1.00 e. The molecule has 0 saturated heterocycles. The Bertz CT molecular complexity index is 65.8. The van der Waals surface area contributed by atoms with Crippen LogP contribution < -0.4 is 29.6 Å². The molecule has 0 rings (SSSR count). The van der Waals surface area contributed by atoms with Gasteiger partial charge in [-0.25, -0.2) is 0 Å². The van der Waals surface area contributed by atoms with E-state index in [2.05, 4.69) is 0 Å². The van der Waals surface area contributed by atoms with Crippen molar-refractivity contribution in [1.82, 2.24) is 0 Å². The predicted octanol–water partition coefficient (Wildman–Crippen LogP) is -7.07. The first-order chi connectivity index (χ1) is 2.00. The summed E-state index contributed by atoms with van der Waals surface area (Å²) >= 11 is -5.12. The Kier molecular flexibility index (Phi) is 43.4. The van der Waals surface area contributed by atoms with Gasteiger partial charge in [0.15, 0.2) is 0 Å². The van der Waals surface area contributed by atoms with E-state index in [0.717, 1.165) is 0 Å². The Balaban J connectivity index is -0.00000000800. The molecule has 0 saturated carbocycles. The number of hydrogen-bond acceptors (Lipinski definition) is 1. The van der Waals surface area contributed by atoms with Crippen LogP contribution in [0.5, 0.6) is 0 Å². The second kappa shape index (κ2) is 12.9. The van der Waals surface area contributed by atoms with Gasteiger partial charge in [-0.15, -0.1) is 0 Å². The van der Waals surface area contributed by atoms with Crippen LogP contribution in [-0.2, 0) is 20.8 Å². The van der Waals surface area contributed by atoms with Gasteiger partial charge >= 0.3 is 78.1 Å². The second-order valence-corrected chi connectivity index (χ2v) is 2.67. The van der Waals surface area contributed by atoms with E-state index in [1.165, 1.54) is 0 Å². The maximum atomic E-state index is 8.94. The van der Waals surface area contributed by atoms with Crippen LogP contribution in [0, 0.1) is 0 Å². The summed E-state index contributed by atoms with van der Waals surface area (Å²) in [6, 6.07) is 0. The Morgan fingerprint density at radius 2 is 1.22 bits per heavy atom. The topological polar surface area (TPSA) is 109 Å². The zero-order valence-corrected chi connectivity index (χ0v) is 12.5. The summed E-state index contributed by atoms with van der Waals surface area (Å²) in [6.07, 6.45) is 0. The molecule has 1 radical (unpaired) electrons. The van der Waals surface area contributed by atoms with Crippen LogP contribution in [0.15, 0.2) is 0 Å². The van der Waals surface area contributed by atoms with Crippen molar-refractivity contribution >= 4 is 32.5 Å². The van der Waals surface area contributed by atoms with Gasteiger partial charge in [0, 0.05) is 17.1 Å². The van der Waals surface area contributed by atoms with Gasteiger partial charge in [-0.3, -0.25) is 0 Å². The van der Waals surface area contributed by atoms with Crippen molar-refractivity contribution in [2.45, 2.75) is 0 Å². The normalized spacial score (nSPS) is 6.56. The summed E-state index contributed by atoms with van der Waals surface area (Å²) < 4.78 is 30.7. The molecule has 0 amide bonds. The molecular formula is H9As2CuNaO5. The number of hydrogen-bond donors (Lipinski definition) is 3. The Labute approximate surface area is 101 Å². The van der Waals surface area contributed by atoms with Crippen molar-refractivity contribution in [2.75, 3.05) is 0 Å². The Hall–Kier alpha value is 2.28. The van der Waals surface area contributed by atoms with E-state index in [1.807, 2.05) is 0 Å². The van der Waals surface area contributed by atoms with E-state index in [0.29, 0.717) is 0 Å². The summed E-state index contributed by atoms with van der Waals surface area (Å²) in [5.74, 6) is 0. The molecule has 0 aliphatic heterocycles. The third kappa shape index (κ3) is 136. The Morgan fingerprint density at radius 3 is 1.22 bits per heavy atom. The molecule has 9 heavy (non-hydrogen) atoms. The van der Waals surface area contributed by atoms with Crippen LogP contribution in [0.4, 0.5) is 0 Å². The molecular weight excluding hydrogens is 316 g/mol. The second-order valence-electron chi connectivity index (χ2n) is 0.513. The molecule has 0 aromatic carbocycles. The molecule has 0 aromatic heterocycles. The molecule has 0 heterocycles. The van der Waals surface area contributed by atoms with E-state index >= 15 is 0 Å². The van der Waals surface area contributed by atoms with Crippen molar-refractivity contribution in [3.8, 4) is 0 Å². The minimum absolute atomic E-state index is 0. The van der Waals surface area contributed by atoms with Gasteiger partial charge in [0.2, 0.25) is 0 Å². The predicted molar refractivity (Wildman–Crippen MR) is 27.8 cm³/mol. The average molecular weight is 325 g/mol. The third-order valence-electron chi connectivity index (χ3n) is 0. The van der Waals surface area contributed by atoms with Gasteiger partial charge in [0.25, 0.3) is 0 Å². The standard InChI is InChI=1S/AsH3O4.AsH3.Cu.Na.H2O.H/c2-1(3,4)5;;;;;/h(H3,2,3,4,5);1H3;;;1H2;/q;;;+1;;-1. The van der Waals surface area contributed by atoms with Gasteiger partial charge in [-0.1, -0.05) is 0 Å². The van der Waals surface area contributed by atoms with Crippen LogP contribution >= 0.6 is 0 Å². The molecule has 0 aliphatic rings. The number of rotatable bonds is 0. The molecule has 1 atom stereocenters. The van der Waals surface area contributed by atoms with Crippen LogP contribution in [0.2, 0.25) is 0 Å². The van der Waals surface area contributed by atoms with Gasteiger partial charge in [0.05, 0.1) is 0 Å². The third-order valence-corrected chi connectivity index (χ3v) is 0. The largest absolute Gasteiger partial charge is 1.00 e. The minimum atomic E-state index is -5.12. The van der Waals surface area contributed by atoms with Crippen molar-refractivity contribution in [2.24, 2.45) is 0 Å². The molecule has 0 aromatic rings. The van der Waals surface area contributed by atoms with Crippen LogP contribution in [-0.4, -0.2) is 50.2 Å². The summed E-state index contributed by atoms with van der Waals surface area (Å²) in [4.78, 5) is 0. The van der Waals surface area contributed by atoms with Crippen molar-refractivity contribution in [3.63, 3.8) is 0 Å². The van der Waals surface area contributed by atoms with Crippen LogP contribution in [0.3, 0.4) is 0 Å². The zero-order valence-electron chi connectivity index (χ0n) is 5.71. The molecule has 0 bridgehead atoms. The van der Waals surface area contributed by atoms with Crippen LogP contribution in [0.1, 0.15) is 1.43 Å².